The SMILES string of the molecule is O=C(COCCO)Nc1ccc(Cl)cc1. The highest BCUT2D eigenvalue weighted by molar-refractivity contribution is 6.30. The number of hydrogen-bond acceptors (Lipinski definition) is 3. The Hall–Kier alpha value is -1.10. The van der Waals surface area contributed by atoms with Gasteiger partial charge in [0.25, 0.3) is 0 Å². The van der Waals surface area contributed by atoms with Crippen molar-refractivity contribution in [3.8, 4) is 0 Å². The lowest BCUT2D eigenvalue weighted by atomic mass is 10.3. The molecule has 1 aromatic carbocycles. The Morgan fingerprint density at radius 1 is 1.40 bits per heavy atom. The third kappa shape index (κ3) is 4.78. The van der Waals surface area contributed by atoms with E-state index in [0.717, 1.165) is 0 Å². The summed E-state index contributed by atoms with van der Waals surface area (Å²) < 4.78 is 4.85. The monoisotopic (exact) mass is 229 g/mol. The normalized spacial score (nSPS) is 10.0. The summed E-state index contributed by atoms with van der Waals surface area (Å²) in [6.45, 7) is 0.00541. The number of ether oxygens (including phenoxy) is 1. The van der Waals surface area contributed by atoms with Crippen molar-refractivity contribution < 1.29 is 14.6 Å². The van der Waals surface area contributed by atoms with Gasteiger partial charge in [-0.1, -0.05) is 11.6 Å². The summed E-state index contributed by atoms with van der Waals surface area (Å²) in [4.78, 5) is 11.2. The van der Waals surface area contributed by atoms with Gasteiger partial charge in [-0.25, -0.2) is 0 Å². The molecule has 0 spiro atoms. The van der Waals surface area contributed by atoms with Gasteiger partial charge in [-0.05, 0) is 24.3 Å². The van der Waals surface area contributed by atoms with Gasteiger partial charge in [-0.2, -0.15) is 0 Å². The lowest BCUT2D eigenvalue weighted by molar-refractivity contribution is -0.120. The van der Waals surface area contributed by atoms with E-state index in [2.05, 4.69) is 5.32 Å². The molecule has 0 aliphatic rings. The highest BCUT2D eigenvalue weighted by Crippen LogP contribution is 2.12. The lowest BCUT2D eigenvalue weighted by Gasteiger charge is -2.05. The molecule has 0 saturated heterocycles. The first-order valence-electron chi connectivity index (χ1n) is 4.46. The molecule has 0 fully saturated rings. The molecular formula is C10H12ClNO3. The zero-order chi connectivity index (χ0) is 11.1. The Morgan fingerprint density at radius 2 is 2.07 bits per heavy atom. The highest BCUT2D eigenvalue weighted by Gasteiger charge is 2.01. The Kier molecular flexibility index (Phi) is 5.10. The van der Waals surface area contributed by atoms with Gasteiger partial charge in [-0.15, -0.1) is 0 Å². The van der Waals surface area contributed by atoms with Crippen LogP contribution >= 0.6 is 11.6 Å². The summed E-state index contributed by atoms with van der Waals surface area (Å²) in [5.41, 5.74) is 0.664. The van der Waals surface area contributed by atoms with Crippen molar-refractivity contribution in [2.24, 2.45) is 0 Å². The second kappa shape index (κ2) is 6.40. The average molecular weight is 230 g/mol. The van der Waals surface area contributed by atoms with Crippen molar-refractivity contribution in [3.05, 3.63) is 29.3 Å². The summed E-state index contributed by atoms with van der Waals surface area (Å²) >= 11 is 5.69. The van der Waals surface area contributed by atoms with Crippen molar-refractivity contribution in [2.45, 2.75) is 0 Å². The zero-order valence-electron chi connectivity index (χ0n) is 8.07. The number of nitrogens with one attached hydrogen (secondary N) is 1. The zero-order valence-corrected chi connectivity index (χ0v) is 8.83. The Morgan fingerprint density at radius 3 is 2.67 bits per heavy atom. The predicted octanol–water partition coefficient (Wildman–Crippen LogP) is 1.29. The number of rotatable bonds is 5. The van der Waals surface area contributed by atoms with E-state index in [0.29, 0.717) is 10.7 Å². The van der Waals surface area contributed by atoms with E-state index in [9.17, 15) is 4.79 Å². The molecule has 0 saturated carbocycles. The van der Waals surface area contributed by atoms with Crippen molar-refractivity contribution >= 4 is 23.2 Å². The topological polar surface area (TPSA) is 58.6 Å². The predicted molar refractivity (Wildman–Crippen MR) is 58.0 cm³/mol. The van der Waals surface area contributed by atoms with Gasteiger partial charge in [0, 0.05) is 10.7 Å². The van der Waals surface area contributed by atoms with E-state index in [1.165, 1.54) is 0 Å². The number of carbonyl (C=O) groups excluding carboxylic acids is 1. The van der Waals surface area contributed by atoms with Crippen LogP contribution in [0.5, 0.6) is 0 Å². The number of carbonyl (C=O) groups is 1. The fraction of sp³-hybridized carbons (Fsp3) is 0.300. The first kappa shape index (κ1) is 12.0. The van der Waals surface area contributed by atoms with Crippen LogP contribution in [0.1, 0.15) is 0 Å². The van der Waals surface area contributed by atoms with Gasteiger partial charge in [0.2, 0.25) is 5.91 Å². The summed E-state index contributed by atoms with van der Waals surface area (Å²) in [7, 11) is 0. The molecule has 1 amide bonds. The fourth-order valence-electron chi connectivity index (χ4n) is 0.960. The van der Waals surface area contributed by atoms with E-state index < -0.39 is 0 Å². The quantitative estimate of drug-likeness (QED) is 0.748. The first-order valence-corrected chi connectivity index (χ1v) is 4.84. The van der Waals surface area contributed by atoms with Crippen LogP contribution in [0.3, 0.4) is 0 Å². The van der Waals surface area contributed by atoms with Gasteiger partial charge < -0.3 is 15.2 Å². The van der Waals surface area contributed by atoms with Crippen molar-refractivity contribution in [1.29, 1.82) is 0 Å². The minimum Gasteiger partial charge on any atom is -0.394 e. The van der Waals surface area contributed by atoms with E-state index in [-0.39, 0.29) is 25.7 Å². The molecule has 0 heterocycles. The maximum atomic E-state index is 11.2. The second-order valence-corrected chi connectivity index (χ2v) is 3.27. The minimum absolute atomic E-state index is 0.0663. The minimum atomic E-state index is -0.259. The second-order valence-electron chi connectivity index (χ2n) is 2.83. The molecule has 1 rings (SSSR count). The molecule has 82 valence electrons. The van der Waals surface area contributed by atoms with Crippen LogP contribution in [0, 0.1) is 0 Å². The van der Waals surface area contributed by atoms with Gasteiger partial charge in [0.1, 0.15) is 6.61 Å². The van der Waals surface area contributed by atoms with Gasteiger partial charge in [0.05, 0.1) is 13.2 Å². The molecule has 2 N–H and O–H groups in total. The van der Waals surface area contributed by atoms with Crippen molar-refractivity contribution in [2.75, 3.05) is 25.1 Å². The molecule has 4 nitrogen and oxygen atoms in total. The maximum Gasteiger partial charge on any atom is 0.250 e. The molecule has 15 heavy (non-hydrogen) atoms. The number of amides is 1. The number of benzene rings is 1. The molecule has 5 heteroatoms. The summed E-state index contributed by atoms with van der Waals surface area (Å²) in [5, 5.41) is 11.7. The van der Waals surface area contributed by atoms with Crippen LogP contribution in [0.25, 0.3) is 0 Å². The number of anilines is 1. The van der Waals surface area contributed by atoms with E-state index in [1.54, 1.807) is 24.3 Å². The molecule has 0 aliphatic carbocycles. The van der Waals surface area contributed by atoms with Crippen molar-refractivity contribution in [3.63, 3.8) is 0 Å². The Labute approximate surface area is 92.8 Å². The molecular weight excluding hydrogens is 218 g/mol. The molecule has 0 aliphatic heterocycles. The average Bonchev–Trinajstić information content (AvgIpc) is 2.22. The largest absolute Gasteiger partial charge is 0.394 e. The van der Waals surface area contributed by atoms with Crippen LogP contribution in [0.15, 0.2) is 24.3 Å². The molecule has 1 aromatic rings. The highest BCUT2D eigenvalue weighted by atomic mass is 35.5. The third-order valence-electron chi connectivity index (χ3n) is 1.60. The van der Waals surface area contributed by atoms with Crippen LogP contribution in [0.4, 0.5) is 5.69 Å². The molecule has 0 radical (unpaired) electrons. The fourth-order valence-corrected chi connectivity index (χ4v) is 1.09. The standard InChI is InChI=1S/C10H12ClNO3/c11-8-1-3-9(4-2-8)12-10(14)7-15-6-5-13/h1-4,13H,5-7H2,(H,12,14). The molecule has 0 atom stereocenters. The van der Waals surface area contributed by atoms with Gasteiger partial charge >= 0.3 is 0 Å². The van der Waals surface area contributed by atoms with E-state index in [4.69, 9.17) is 21.4 Å². The third-order valence-corrected chi connectivity index (χ3v) is 1.85. The maximum absolute atomic E-state index is 11.2. The Bertz CT molecular complexity index is 313. The van der Waals surface area contributed by atoms with Crippen LogP contribution in [-0.2, 0) is 9.53 Å². The molecule has 0 aromatic heterocycles. The van der Waals surface area contributed by atoms with Gasteiger partial charge in [-0.3, -0.25) is 4.79 Å². The Balaban J connectivity index is 2.34. The summed E-state index contributed by atoms with van der Waals surface area (Å²) in [6.07, 6.45) is 0. The molecule has 0 unspecified atom stereocenters. The number of hydrogen-bond donors (Lipinski definition) is 2. The summed E-state index contributed by atoms with van der Waals surface area (Å²) in [5.74, 6) is -0.259. The van der Waals surface area contributed by atoms with Crippen LogP contribution in [0.2, 0.25) is 5.02 Å². The van der Waals surface area contributed by atoms with Crippen LogP contribution < -0.4 is 5.32 Å². The number of aliphatic hydroxyl groups excluding tert-OH is 1. The van der Waals surface area contributed by atoms with Gasteiger partial charge in [0.15, 0.2) is 0 Å². The molecule has 0 bridgehead atoms. The smallest absolute Gasteiger partial charge is 0.250 e. The van der Waals surface area contributed by atoms with E-state index >= 15 is 0 Å². The number of halogens is 1. The number of aliphatic hydroxyl groups is 1. The van der Waals surface area contributed by atoms with Crippen molar-refractivity contribution in [1.82, 2.24) is 0 Å². The summed E-state index contributed by atoms with van der Waals surface area (Å²) in [6, 6.07) is 6.77. The van der Waals surface area contributed by atoms with E-state index in [1.807, 2.05) is 0 Å². The van der Waals surface area contributed by atoms with Crippen LogP contribution in [-0.4, -0.2) is 30.8 Å². The first-order chi connectivity index (χ1) is 7.22. The lowest BCUT2D eigenvalue weighted by Crippen LogP contribution is -2.19.